The summed E-state index contributed by atoms with van der Waals surface area (Å²) in [5, 5.41) is 3.71. The fourth-order valence-corrected chi connectivity index (χ4v) is 3.92. The lowest BCUT2D eigenvalue weighted by atomic mass is 9.97. The number of anilines is 1. The van der Waals surface area contributed by atoms with Crippen LogP contribution in [-0.2, 0) is 6.18 Å². The van der Waals surface area contributed by atoms with Crippen molar-refractivity contribution in [1.29, 1.82) is 0 Å². The Labute approximate surface area is 177 Å². The molecule has 1 aliphatic carbocycles. The van der Waals surface area contributed by atoms with Crippen LogP contribution in [0.15, 0.2) is 58.5 Å². The van der Waals surface area contributed by atoms with Crippen LogP contribution in [0.5, 0.6) is 0 Å². The number of alkyl halides is 3. The summed E-state index contributed by atoms with van der Waals surface area (Å²) >= 11 is 0. The zero-order valence-corrected chi connectivity index (χ0v) is 17.0. The standard InChI is InChI=1S/C24H21F3N4/c1-14-11-21(20-9-10-28-23(31-20)29-17-5-3-2-4-6-17)30-22-18(14)12-16(15-7-8-15)13-19(22)24(25,26)27/h2-6,11-13,15H,7-10H2,1H3,(H,28,29). The maximum absolute atomic E-state index is 13.9. The number of hydrogen-bond donors (Lipinski definition) is 1. The molecule has 31 heavy (non-hydrogen) atoms. The number of fused-ring (bicyclic) bond motifs is 1. The number of nitrogens with zero attached hydrogens (tertiary/aromatic N) is 3. The molecule has 1 fully saturated rings. The predicted molar refractivity (Wildman–Crippen MR) is 117 cm³/mol. The van der Waals surface area contributed by atoms with Gasteiger partial charge in [-0.05, 0) is 67.1 Å². The molecule has 1 aliphatic heterocycles. The van der Waals surface area contributed by atoms with Crippen molar-refractivity contribution in [2.24, 2.45) is 9.98 Å². The number of halogens is 3. The zero-order chi connectivity index (χ0) is 21.6. The molecule has 158 valence electrons. The Hall–Kier alpha value is -3.22. The topological polar surface area (TPSA) is 49.6 Å². The summed E-state index contributed by atoms with van der Waals surface area (Å²) < 4.78 is 41.7. The largest absolute Gasteiger partial charge is 0.418 e. The minimum absolute atomic E-state index is 0.00493. The van der Waals surface area contributed by atoms with Crippen molar-refractivity contribution in [2.75, 3.05) is 11.9 Å². The van der Waals surface area contributed by atoms with Gasteiger partial charge in [0.1, 0.15) is 0 Å². The second-order valence-corrected chi connectivity index (χ2v) is 8.07. The van der Waals surface area contributed by atoms with Gasteiger partial charge in [-0.3, -0.25) is 4.99 Å². The zero-order valence-electron chi connectivity index (χ0n) is 17.0. The molecular formula is C24H21F3N4. The van der Waals surface area contributed by atoms with Crippen LogP contribution in [0.3, 0.4) is 0 Å². The van der Waals surface area contributed by atoms with E-state index in [0.717, 1.165) is 29.7 Å². The average Bonchev–Trinajstić information content (AvgIpc) is 3.59. The van der Waals surface area contributed by atoms with Crippen molar-refractivity contribution in [3.63, 3.8) is 0 Å². The second-order valence-electron chi connectivity index (χ2n) is 8.07. The second kappa shape index (κ2) is 7.48. The molecule has 2 heterocycles. The van der Waals surface area contributed by atoms with Crippen LogP contribution >= 0.6 is 0 Å². The Morgan fingerprint density at radius 2 is 1.81 bits per heavy atom. The van der Waals surface area contributed by atoms with Crippen LogP contribution in [0.25, 0.3) is 10.9 Å². The molecule has 2 aromatic carbocycles. The Kier molecular flexibility index (Phi) is 4.76. The van der Waals surface area contributed by atoms with E-state index in [9.17, 15) is 13.2 Å². The van der Waals surface area contributed by atoms with Gasteiger partial charge in [0, 0.05) is 24.0 Å². The van der Waals surface area contributed by atoms with Crippen LogP contribution in [0.4, 0.5) is 18.9 Å². The average molecular weight is 422 g/mol. The molecule has 5 rings (SSSR count). The fraction of sp³-hybridized carbons (Fsp3) is 0.292. The smallest absolute Gasteiger partial charge is 0.324 e. The van der Waals surface area contributed by atoms with Gasteiger partial charge in [0.2, 0.25) is 5.96 Å². The number of nitrogens with one attached hydrogen (secondary N) is 1. The lowest BCUT2D eigenvalue weighted by molar-refractivity contribution is -0.136. The molecule has 0 spiro atoms. The molecular weight excluding hydrogens is 401 g/mol. The third kappa shape index (κ3) is 4.04. The van der Waals surface area contributed by atoms with Gasteiger partial charge in [0.05, 0.1) is 22.5 Å². The van der Waals surface area contributed by atoms with Gasteiger partial charge in [0.15, 0.2) is 0 Å². The van der Waals surface area contributed by atoms with Crippen molar-refractivity contribution in [3.05, 3.63) is 70.9 Å². The molecule has 0 bridgehead atoms. The van der Waals surface area contributed by atoms with Gasteiger partial charge < -0.3 is 5.32 Å². The molecule has 0 radical (unpaired) electrons. The molecule has 1 saturated carbocycles. The molecule has 0 unspecified atom stereocenters. The number of rotatable bonds is 3. The highest BCUT2D eigenvalue weighted by atomic mass is 19.4. The van der Waals surface area contributed by atoms with Crippen molar-refractivity contribution in [1.82, 2.24) is 4.98 Å². The Bertz CT molecular complexity index is 1210. The van der Waals surface area contributed by atoms with E-state index < -0.39 is 11.7 Å². The van der Waals surface area contributed by atoms with E-state index in [-0.39, 0.29) is 11.4 Å². The maximum Gasteiger partial charge on any atom is 0.418 e. The van der Waals surface area contributed by atoms with Crippen LogP contribution in [0, 0.1) is 6.92 Å². The van der Waals surface area contributed by atoms with Crippen molar-refractivity contribution in [3.8, 4) is 0 Å². The molecule has 1 aromatic heterocycles. The van der Waals surface area contributed by atoms with Gasteiger partial charge in [-0.1, -0.05) is 18.2 Å². The van der Waals surface area contributed by atoms with Gasteiger partial charge in [-0.2, -0.15) is 13.2 Å². The van der Waals surface area contributed by atoms with Crippen molar-refractivity contribution in [2.45, 2.75) is 38.3 Å². The minimum atomic E-state index is -4.46. The van der Waals surface area contributed by atoms with Gasteiger partial charge >= 0.3 is 6.18 Å². The Morgan fingerprint density at radius 3 is 2.52 bits per heavy atom. The SMILES string of the molecule is Cc1cc(C2=NC(Nc3ccccc3)=NCC2)nc2c(C(F)(F)F)cc(C3CC3)cc12. The monoisotopic (exact) mass is 422 g/mol. The fourth-order valence-electron chi connectivity index (χ4n) is 3.92. The van der Waals surface area contributed by atoms with E-state index in [0.29, 0.717) is 35.7 Å². The third-order valence-electron chi connectivity index (χ3n) is 5.67. The molecule has 1 N–H and O–H groups in total. The first-order valence-electron chi connectivity index (χ1n) is 10.4. The summed E-state index contributed by atoms with van der Waals surface area (Å²) in [6.45, 7) is 2.34. The molecule has 0 atom stereocenters. The normalized spacial score (nSPS) is 16.8. The number of hydrogen-bond acceptors (Lipinski definition) is 4. The number of aliphatic imine (C=N–C) groups is 2. The van der Waals surface area contributed by atoms with Gasteiger partial charge in [-0.15, -0.1) is 0 Å². The van der Waals surface area contributed by atoms with E-state index in [1.807, 2.05) is 49.4 Å². The van der Waals surface area contributed by atoms with Crippen LogP contribution in [0.2, 0.25) is 0 Å². The van der Waals surface area contributed by atoms with Crippen molar-refractivity contribution < 1.29 is 13.2 Å². The number of guanidine groups is 1. The molecule has 3 aromatic rings. The summed E-state index contributed by atoms with van der Waals surface area (Å²) in [5.74, 6) is 0.669. The first-order valence-corrected chi connectivity index (χ1v) is 10.4. The van der Waals surface area contributed by atoms with Crippen LogP contribution in [-0.4, -0.2) is 23.2 Å². The summed E-state index contributed by atoms with van der Waals surface area (Å²) in [4.78, 5) is 13.4. The van der Waals surface area contributed by atoms with Gasteiger partial charge in [0.25, 0.3) is 0 Å². The summed E-state index contributed by atoms with van der Waals surface area (Å²) in [5.41, 5.74) is 2.82. The van der Waals surface area contributed by atoms with E-state index in [4.69, 9.17) is 0 Å². The lowest BCUT2D eigenvalue weighted by Crippen LogP contribution is -2.20. The molecule has 0 amide bonds. The number of para-hydroxylation sites is 1. The summed E-state index contributed by atoms with van der Waals surface area (Å²) in [7, 11) is 0. The first kappa shape index (κ1) is 19.7. The molecule has 2 aliphatic rings. The Morgan fingerprint density at radius 1 is 1.03 bits per heavy atom. The summed E-state index contributed by atoms with van der Waals surface area (Å²) in [6, 6.07) is 14.5. The third-order valence-corrected chi connectivity index (χ3v) is 5.67. The Balaban J connectivity index is 1.57. The minimum Gasteiger partial charge on any atom is -0.324 e. The quantitative estimate of drug-likeness (QED) is 0.554. The van der Waals surface area contributed by atoms with Gasteiger partial charge in [-0.25, -0.2) is 9.98 Å². The molecule has 4 nitrogen and oxygen atoms in total. The number of benzene rings is 2. The number of aromatic nitrogens is 1. The highest BCUT2D eigenvalue weighted by Crippen LogP contribution is 2.44. The van der Waals surface area contributed by atoms with Crippen molar-refractivity contribution >= 4 is 28.3 Å². The molecule has 7 heteroatoms. The lowest BCUT2D eigenvalue weighted by Gasteiger charge is -2.17. The van der Waals surface area contributed by atoms with Crippen LogP contribution < -0.4 is 5.32 Å². The highest BCUT2D eigenvalue weighted by molar-refractivity contribution is 6.11. The molecule has 0 saturated heterocycles. The predicted octanol–water partition coefficient (Wildman–Crippen LogP) is 6.10. The van der Waals surface area contributed by atoms with E-state index in [1.165, 1.54) is 6.07 Å². The number of aryl methyl sites for hydroxylation is 1. The highest BCUT2D eigenvalue weighted by Gasteiger charge is 2.36. The first-order chi connectivity index (χ1) is 14.9. The van der Waals surface area contributed by atoms with E-state index >= 15 is 0 Å². The van der Waals surface area contributed by atoms with E-state index in [2.05, 4.69) is 20.3 Å². The maximum atomic E-state index is 13.9. The number of pyridine rings is 1. The van der Waals surface area contributed by atoms with Crippen LogP contribution in [0.1, 0.15) is 47.6 Å². The van der Waals surface area contributed by atoms with E-state index in [1.54, 1.807) is 0 Å². The summed E-state index contributed by atoms with van der Waals surface area (Å²) in [6.07, 6.45) is -2.04.